The Morgan fingerprint density at radius 1 is 0.919 bits per heavy atom. The number of benzene rings is 1. The lowest BCUT2D eigenvalue weighted by Gasteiger charge is -2.26. The lowest BCUT2D eigenvalue weighted by molar-refractivity contribution is 0.100. The van der Waals surface area contributed by atoms with Crippen LogP contribution in [0.15, 0.2) is 36.4 Å². The van der Waals surface area contributed by atoms with Gasteiger partial charge < -0.3 is 20.9 Å². The fraction of sp³-hybridized carbons (Fsp3) is 0.552. The lowest BCUT2D eigenvalue weighted by Crippen LogP contribution is -2.31. The number of nitrogens with one attached hydrogen (secondary N) is 1. The minimum atomic E-state index is -0.427. The number of nitrogens with zero attached hydrogens (tertiary/aromatic N) is 5. The zero-order valence-electron chi connectivity index (χ0n) is 22.6. The van der Waals surface area contributed by atoms with E-state index in [4.69, 9.17) is 15.7 Å². The normalized spacial score (nSPS) is 14.2. The van der Waals surface area contributed by atoms with Crippen LogP contribution in [-0.2, 0) is 6.54 Å². The number of anilines is 3. The average molecular weight is 506 g/mol. The summed E-state index contributed by atoms with van der Waals surface area (Å²) in [6.07, 6.45) is 9.66. The lowest BCUT2D eigenvalue weighted by atomic mass is 10.1. The molecule has 8 nitrogen and oxygen atoms in total. The minimum Gasteiger partial charge on any atom is -0.366 e. The first-order valence-corrected chi connectivity index (χ1v) is 14.1. The van der Waals surface area contributed by atoms with Crippen LogP contribution < -0.4 is 16.0 Å². The number of rotatable bonds is 14. The Hall–Kier alpha value is -3.13. The fourth-order valence-electron chi connectivity index (χ4n) is 5.00. The Kier molecular flexibility index (Phi) is 9.77. The van der Waals surface area contributed by atoms with Crippen molar-refractivity contribution in [2.24, 2.45) is 5.73 Å². The highest BCUT2D eigenvalue weighted by Crippen LogP contribution is 2.26. The Bertz CT molecular complexity index is 1130. The van der Waals surface area contributed by atoms with E-state index in [0.717, 1.165) is 74.1 Å². The summed E-state index contributed by atoms with van der Waals surface area (Å²) in [5.41, 5.74) is 8.59. The van der Waals surface area contributed by atoms with Crippen molar-refractivity contribution in [2.45, 2.75) is 71.8 Å². The van der Waals surface area contributed by atoms with Gasteiger partial charge in [-0.15, -0.1) is 0 Å². The molecule has 0 unspecified atom stereocenters. The highest BCUT2D eigenvalue weighted by atomic mass is 16.1. The van der Waals surface area contributed by atoms with E-state index in [0.29, 0.717) is 5.56 Å². The van der Waals surface area contributed by atoms with Gasteiger partial charge in [0.25, 0.3) is 0 Å². The molecule has 2 aromatic heterocycles. The van der Waals surface area contributed by atoms with E-state index in [1.165, 1.54) is 45.2 Å². The van der Waals surface area contributed by atoms with Crippen molar-refractivity contribution in [3.05, 3.63) is 42.0 Å². The molecule has 4 rings (SSSR count). The van der Waals surface area contributed by atoms with Crippen LogP contribution in [0.2, 0.25) is 0 Å². The first kappa shape index (κ1) is 26.9. The van der Waals surface area contributed by atoms with Gasteiger partial charge in [0, 0.05) is 30.9 Å². The summed E-state index contributed by atoms with van der Waals surface area (Å²) >= 11 is 0. The van der Waals surface area contributed by atoms with Crippen molar-refractivity contribution in [1.29, 1.82) is 0 Å². The molecule has 0 radical (unpaired) electrons. The van der Waals surface area contributed by atoms with Crippen LogP contribution in [0.1, 0.15) is 75.6 Å². The van der Waals surface area contributed by atoms with Crippen LogP contribution in [0, 0.1) is 0 Å². The van der Waals surface area contributed by atoms with Gasteiger partial charge >= 0.3 is 0 Å². The number of hydrogen-bond acceptors (Lipinski definition) is 6. The van der Waals surface area contributed by atoms with Gasteiger partial charge in [0.1, 0.15) is 11.3 Å². The number of pyridine rings is 1. The van der Waals surface area contributed by atoms with Gasteiger partial charge in [-0.1, -0.05) is 33.1 Å². The Morgan fingerprint density at radius 2 is 1.62 bits per heavy atom. The zero-order valence-corrected chi connectivity index (χ0v) is 22.6. The molecule has 1 fully saturated rings. The first-order chi connectivity index (χ1) is 18.1. The molecule has 0 spiro atoms. The molecule has 0 atom stereocenters. The summed E-state index contributed by atoms with van der Waals surface area (Å²) in [4.78, 5) is 26.6. The van der Waals surface area contributed by atoms with Gasteiger partial charge in [0.15, 0.2) is 5.65 Å². The number of aromatic nitrogens is 3. The molecule has 3 heterocycles. The van der Waals surface area contributed by atoms with Gasteiger partial charge in [-0.25, -0.2) is 9.97 Å². The number of aryl methyl sites for hydroxylation is 1. The van der Waals surface area contributed by atoms with Crippen LogP contribution in [-0.4, -0.2) is 58.1 Å². The molecular formula is C29H43N7O. The third-order valence-corrected chi connectivity index (χ3v) is 7.19. The summed E-state index contributed by atoms with van der Waals surface area (Å²) in [7, 11) is 0. The third-order valence-electron chi connectivity index (χ3n) is 7.19. The van der Waals surface area contributed by atoms with Gasteiger partial charge in [0.2, 0.25) is 11.9 Å². The molecule has 1 aromatic carbocycles. The molecule has 3 aromatic rings. The molecule has 200 valence electrons. The molecule has 37 heavy (non-hydrogen) atoms. The first-order valence-electron chi connectivity index (χ1n) is 14.1. The maximum atomic E-state index is 11.5. The van der Waals surface area contributed by atoms with Crippen molar-refractivity contribution in [3.63, 3.8) is 0 Å². The number of nitrogens with two attached hydrogens (primary N) is 1. The quantitative estimate of drug-likeness (QED) is 0.298. The van der Waals surface area contributed by atoms with Crippen molar-refractivity contribution in [1.82, 2.24) is 19.4 Å². The molecule has 8 heteroatoms. The predicted octanol–water partition coefficient (Wildman–Crippen LogP) is 5.56. The molecular weight excluding hydrogens is 462 g/mol. The third kappa shape index (κ3) is 7.22. The van der Waals surface area contributed by atoms with Crippen LogP contribution in [0.5, 0.6) is 0 Å². The molecule has 1 aliphatic heterocycles. The summed E-state index contributed by atoms with van der Waals surface area (Å²) in [5.74, 6) is 1.38. The van der Waals surface area contributed by atoms with Crippen LogP contribution in [0.3, 0.4) is 0 Å². The number of hydrogen-bond donors (Lipinski definition) is 2. The second-order valence-electron chi connectivity index (χ2n) is 10.1. The Balaban J connectivity index is 1.61. The van der Waals surface area contributed by atoms with Gasteiger partial charge in [0.05, 0.1) is 0 Å². The minimum absolute atomic E-state index is 0.427. The molecule has 0 bridgehead atoms. The number of likely N-dealkylation sites (tertiary alicyclic amines) is 1. The topological polar surface area (TPSA) is 92.3 Å². The number of unbranched alkanes of at least 4 members (excludes halogenated alkanes) is 2. The smallest absolute Gasteiger partial charge is 0.248 e. The van der Waals surface area contributed by atoms with Gasteiger partial charge in [-0.05, 0) is 88.1 Å². The van der Waals surface area contributed by atoms with Gasteiger partial charge in [-0.2, -0.15) is 0 Å². The SMILES string of the molecule is CCCCN(CCCC)c1ccc2nc(Nc3ccc(C(N)=O)cc3)n(CCCN3CCCCC3)c2n1. The predicted molar refractivity (Wildman–Crippen MR) is 153 cm³/mol. The molecule has 1 saturated heterocycles. The average Bonchev–Trinajstić information content (AvgIpc) is 3.25. The van der Waals surface area contributed by atoms with E-state index in [9.17, 15) is 4.79 Å². The summed E-state index contributed by atoms with van der Waals surface area (Å²) in [5, 5.41) is 3.47. The number of carbonyl (C=O) groups excluding carboxylic acids is 1. The molecule has 0 saturated carbocycles. The van der Waals surface area contributed by atoms with E-state index >= 15 is 0 Å². The Labute approximate surface area is 221 Å². The maximum absolute atomic E-state index is 11.5. The second-order valence-corrected chi connectivity index (χ2v) is 10.1. The highest BCUT2D eigenvalue weighted by Gasteiger charge is 2.17. The van der Waals surface area contributed by atoms with Crippen molar-refractivity contribution < 1.29 is 4.79 Å². The number of primary amides is 1. The maximum Gasteiger partial charge on any atom is 0.248 e. The number of amides is 1. The number of piperidine rings is 1. The van der Waals surface area contributed by atoms with Gasteiger partial charge in [-0.3, -0.25) is 9.36 Å². The van der Waals surface area contributed by atoms with Crippen LogP contribution in [0.4, 0.5) is 17.5 Å². The summed E-state index contributed by atoms with van der Waals surface area (Å²) in [6.45, 7) is 10.9. The molecule has 3 N–H and O–H groups in total. The summed E-state index contributed by atoms with van der Waals surface area (Å²) < 4.78 is 2.22. The largest absolute Gasteiger partial charge is 0.366 e. The van der Waals surface area contributed by atoms with E-state index in [-0.39, 0.29) is 0 Å². The number of carbonyl (C=O) groups is 1. The zero-order chi connectivity index (χ0) is 26.0. The molecule has 0 aliphatic carbocycles. The second kappa shape index (κ2) is 13.4. The fourth-order valence-corrected chi connectivity index (χ4v) is 5.00. The van der Waals surface area contributed by atoms with E-state index in [1.807, 2.05) is 12.1 Å². The van der Waals surface area contributed by atoms with Crippen molar-refractivity contribution in [3.8, 4) is 0 Å². The van der Waals surface area contributed by atoms with Crippen LogP contribution >= 0.6 is 0 Å². The van der Waals surface area contributed by atoms with Crippen molar-refractivity contribution in [2.75, 3.05) is 42.9 Å². The van der Waals surface area contributed by atoms with Crippen LogP contribution in [0.25, 0.3) is 11.2 Å². The number of fused-ring (bicyclic) bond motifs is 1. The monoisotopic (exact) mass is 505 g/mol. The number of imidazole rings is 1. The van der Waals surface area contributed by atoms with E-state index < -0.39 is 5.91 Å². The molecule has 1 aliphatic rings. The molecule has 1 amide bonds. The standard InChI is InChI=1S/C29H43N7O/c1-3-5-20-35(21-6-4-2)26-16-15-25-28(33-26)36(22-10-19-34-17-8-7-9-18-34)29(32-25)31-24-13-11-23(12-14-24)27(30)37/h11-16H,3-10,17-22H2,1-2H3,(H2,30,37)(H,31,32). The Morgan fingerprint density at radius 3 is 2.27 bits per heavy atom. The van der Waals surface area contributed by atoms with E-state index in [2.05, 4.69) is 45.7 Å². The van der Waals surface area contributed by atoms with E-state index in [1.54, 1.807) is 12.1 Å². The highest BCUT2D eigenvalue weighted by molar-refractivity contribution is 5.93. The summed E-state index contributed by atoms with van der Waals surface area (Å²) in [6, 6.07) is 11.4. The van der Waals surface area contributed by atoms with Crippen molar-refractivity contribution >= 4 is 34.5 Å².